The summed E-state index contributed by atoms with van der Waals surface area (Å²) in [6, 6.07) is 0. The predicted molar refractivity (Wildman–Crippen MR) is 36.7 cm³/mol. The molecule has 8 heavy (non-hydrogen) atoms. The predicted octanol–water partition coefficient (Wildman–Crippen LogP) is 1.51. The van der Waals surface area contributed by atoms with Gasteiger partial charge in [-0.2, -0.15) is 5.10 Å². The quantitative estimate of drug-likeness (QED) is 0.504. The fourth-order valence-corrected chi connectivity index (χ4v) is 0.338. The number of nitrogens with one attached hydrogen (secondary N) is 1. The first kappa shape index (κ1) is 7.21. The molecule has 1 N–H and O–H groups in total. The Morgan fingerprint density at radius 2 is 2.38 bits per heavy atom. The lowest BCUT2D eigenvalue weighted by molar-refractivity contribution is 0.931. The Morgan fingerprint density at radius 1 is 1.75 bits per heavy atom. The fourth-order valence-electron chi connectivity index (χ4n) is 0.338. The van der Waals surface area contributed by atoms with Crippen LogP contribution in [0.1, 0.15) is 20.3 Å². The first-order valence-electron chi connectivity index (χ1n) is 2.85. The Labute approximate surface area is 50.3 Å². The second kappa shape index (κ2) is 4.37. The van der Waals surface area contributed by atoms with Gasteiger partial charge >= 0.3 is 0 Å². The highest BCUT2D eigenvalue weighted by Crippen LogP contribution is 1.93. The molecule has 0 bridgehead atoms. The number of nitrogens with zero attached hydrogens (tertiary/aromatic N) is 1. The van der Waals surface area contributed by atoms with Gasteiger partial charge in [0.2, 0.25) is 0 Å². The third-order valence-electron chi connectivity index (χ3n) is 0.652. The summed E-state index contributed by atoms with van der Waals surface area (Å²) >= 11 is 0. The van der Waals surface area contributed by atoms with Crippen molar-refractivity contribution in [2.24, 2.45) is 5.10 Å². The van der Waals surface area contributed by atoms with Crippen LogP contribution in [0.4, 0.5) is 0 Å². The van der Waals surface area contributed by atoms with Crippen molar-refractivity contribution < 1.29 is 0 Å². The van der Waals surface area contributed by atoms with Crippen LogP contribution in [-0.4, -0.2) is 6.21 Å². The first-order valence-corrected chi connectivity index (χ1v) is 2.85. The van der Waals surface area contributed by atoms with Crippen molar-refractivity contribution in [2.45, 2.75) is 20.3 Å². The van der Waals surface area contributed by atoms with Crippen LogP contribution in [-0.2, 0) is 0 Å². The average Bonchev–Trinajstić information content (AvgIpc) is 2.24. The van der Waals surface area contributed by atoms with Crippen molar-refractivity contribution in [1.29, 1.82) is 0 Å². The van der Waals surface area contributed by atoms with Crippen molar-refractivity contribution in [3.8, 4) is 0 Å². The lowest BCUT2D eigenvalue weighted by atomic mass is 10.4. The van der Waals surface area contributed by atoms with Gasteiger partial charge in [0.1, 0.15) is 0 Å². The lowest BCUT2D eigenvalue weighted by Gasteiger charge is -1.84. The van der Waals surface area contributed by atoms with E-state index >= 15 is 0 Å². The summed E-state index contributed by atoms with van der Waals surface area (Å²) in [5.41, 5.74) is 3.68. The van der Waals surface area contributed by atoms with Gasteiger partial charge in [-0.3, -0.25) is 5.43 Å². The molecule has 1 heterocycles. The van der Waals surface area contributed by atoms with Crippen molar-refractivity contribution >= 4 is 6.21 Å². The maximum atomic E-state index is 3.69. The van der Waals surface area contributed by atoms with Crippen LogP contribution in [0.3, 0.4) is 0 Å². The lowest BCUT2D eigenvalue weighted by Crippen LogP contribution is -1.92. The Morgan fingerprint density at radius 3 is 2.50 bits per heavy atom. The summed E-state index contributed by atoms with van der Waals surface area (Å²) in [7, 11) is 0. The van der Waals surface area contributed by atoms with Crippen molar-refractivity contribution in [1.82, 2.24) is 5.43 Å². The standard InChI is InChI=1S/C4H6N2.C2H6/c1-4-2-3-5-6-4;1-2/h3,6H,1-2H2;1-2H3. The van der Waals surface area contributed by atoms with Gasteiger partial charge in [0.05, 0.1) is 0 Å². The molecule has 0 aromatic heterocycles. The molecule has 0 radical (unpaired) electrons. The van der Waals surface area contributed by atoms with E-state index in [1.165, 1.54) is 0 Å². The van der Waals surface area contributed by atoms with Crippen LogP contribution in [0, 0.1) is 0 Å². The van der Waals surface area contributed by atoms with Crippen LogP contribution in [0.2, 0.25) is 0 Å². The van der Waals surface area contributed by atoms with E-state index < -0.39 is 0 Å². The molecule has 0 saturated carbocycles. The SMILES string of the molecule is C=C1CC=NN1.CC. The highest BCUT2D eigenvalue weighted by atomic mass is 15.3. The van der Waals surface area contributed by atoms with E-state index in [0.717, 1.165) is 12.1 Å². The molecule has 0 saturated heterocycles. The molecule has 0 amide bonds. The minimum atomic E-state index is 0.889. The third-order valence-corrected chi connectivity index (χ3v) is 0.652. The molecule has 1 aliphatic rings. The highest BCUT2D eigenvalue weighted by Gasteiger charge is 1.91. The van der Waals surface area contributed by atoms with Gasteiger partial charge in [0.25, 0.3) is 0 Å². The smallest absolute Gasteiger partial charge is 0.0318 e. The Bertz CT molecular complexity index is 84.7. The van der Waals surface area contributed by atoms with Gasteiger partial charge < -0.3 is 0 Å². The molecular weight excluding hydrogens is 100 g/mol. The van der Waals surface area contributed by atoms with Gasteiger partial charge in [-0.1, -0.05) is 20.4 Å². The van der Waals surface area contributed by atoms with Crippen LogP contribution < -0.4 is 5.43 Å². The normalized spacial score (nSPS) is 14.5. The van der Waals surface area contributed by atoms with E-state index in [9.17, 15) is 0 Å². The third kappa shape index (κ3) is 2.39. The minimum Gasteiger partial charge on any atom is -0.283 e. The van der Waals surface area contributed by atoms with Crippen molar-refractivity contribution in [2.75, 3.05) is 0 Å². The highest BCUT2D eigenvalue weighted by molar-refractivity contribution is 5.62. The molecule has 0 aromatic carbocycles. The maximum Gasteiger partial charge on any atom is 0.0318 e. The van der Waals surface area contributed by atoms with Gasteiger partial charge in [-0.25, -0.2) is 0 Å². The summed E-state index contributed by atoms with van der Waals surface area (Å²) in [6.07, 6.45) is 2.68. The number of allylic oxidation sites excluding steroid dienone is 1. The Hall–Kier alpha value is -0.790. The Balaban J connectivity index is 0.000000222. The van der Waals surface area contributed by atoms with Gasteiger partial charge in [0.15, 0.2) is 0 Å². The fraction of sp³-hybridized carbons (Fsp3) is 0.500. The van der Waals surface area contributed by atoms with E-state index in [0.29, 0.717) is 0 Å². The molecule has 0 atom stereocenters. The van der Waals surface area contributed by atoms with Gasteiger partial charge in [-0.15, -0.1) is 0 Å². The molecule has 1 aliphatic heterocycles. The molecule has 0 unspecified atom stereocenters. The van der Waals surface area contributed by atoms with Crippen LogP contribution >= 0.6 is 0 Å². The average molecular weight is 112 g/mol. The number of hydrogen-bond acceptors (Lipinski definition) is 2. The van der Waals surface area contributed by atoms with E-state index in [1.807, 2.05) is 13.8 Å². The number of hydrazone groups is 1. The minimum absolute atomic E-state index is 0.889. The molecule has 2 nitrogen and oxygen atoms in total. The molecular formula is C6H12N2. The molecule has 0 fully saturated rings. The summed E-state index contributed by atoms with van der Waals surface area (Å²) in [4.78, 5) is 0. The number of hydrogen-bond donors (Lipinski definition) is 1. The van der Waals surface area contributed by atoms with E-state index in [2.05, 4.69) is 17.1 Å². The second-order valence-electron chi connectivity index (χ2n) is 1.23. The summed E-state index contributed by atoms with van der Waals surface area (Å²) < 4.78 is 0. The van der Waals surface area contributed by atoms with E-state index in [1.54, 1.807) is 6.21 Å². The molecule has 0 aromatic rings. The molecule has 1 rings (SSSR count). The largest absolute Gasteiger partial charge is 0.283 e. The maximum absolute atomic E-state index is 3.69. The topological polar surface area (TPSA) is 24.4 Å². The molecule has 46 valence electrons. The summed E-state index contributed by atoms with van der Waals surface area (Å²) in [5, 5.41) is 3.69. The second-order valence-corrected chi connectivity index (χ2v) is 1.23. The zero-order chi connectivity index (χ0) is 6.41. The zero-order valence-electron chi connectivity index (χ0n) is 5.44. The number of rotatable bonds is 0. The summed E-state index contributed by atoms with van der Waals surface area (Å²) in [5.74, 6) is 0. The van der Waals surface area contributed by atoms with Crippen molar-refractivity contribution in [3.63, 3.8) is 0 Å². The van der Waals surface area contributed by atoms with Gasteiger partial charge in [-0.05, 0) is 0 Å². The zero-order valence-corrected chi connectivity index (χ0v) is 5.44. The van der Waals surface area contributed by atoms with Gasteiger partial charge in [0, 0.05) is 18.3 Å². The van der Waals surface area contributed by atoms with Crippen molar-refractivity contribution in [3.05, 3.63) is 12.3 Å². The monoisotopic (exact) mass is 112 g/mol. The van der Waals surface area contributed by atoms with Crippen LogP contribution in [0.15, 0.2) is 17.4 Å². The molecule has 0 spiro atoms. The molecule has 2 heteroatoms. The van der Waals surface area contributed by atoms with Crippen LogP contribution in [0.25, 0.3) is 0 Å². The van der Waals surface area contributed by atoms with E-state index in [-0.39, 0.29) is 0 Å². The Kier molecular flexibility index (Phi) is 3.94. The summed E-state index contributed by atoms with van der Waals surface area (Å²) in [6.45, 7) is 7.62. The molecule has 0 aliphatic carbocycles. The van der Waals surface area contributed by atoms with E-state index in [4.69, 9.17) is 0 Å². The first-order chi connectivity index (χ1) is 3.89. The van der Waals surface area contributed by atoms with Crippen LogP contribution in [0.5, 0.6) is 0 Å².